The molecule has 2 heterocycles. The quantitative estimate of drug-likeness (QED) is 0.666. The minimum atomic E-state index is -0.964. The summed E-state index contributed by atoms with van der Waals surface area (Å²) < 4.78 is 62.0. The zero-order chi connectivity index (χ0) is 24.6. The summed E-state index contributed by atoms with van der Waals surface area (Å²) in [5.74, 6) is -4.02. The molecular weight excluding hydrogens is 452 g/mol. The van der Waals surface area contributed by atoms with Gasteiger partial charge in [0.1, 0.15) is 30.7 Å². The number of alkyl halides is 1. The van der Waals surface area contributed by atoms with Gasteiger partial charge < -0.3 is 15.0 Å². The third-order valence-corrected chi connectivity index (χ3v) is 6.66. The van der Waals surface area contributed by atoms with Crippen LogP contribution in [0.2, 0.25) is 0 Å². The first kappa shape index (κ1) is 24.2. The molecule has 1 spiro atoms. The van der Waals surface area contributed by atoms with E-state index in [1.165, 1.54) is 24.0 Å². The number of hydrogen-bond donors (Lipinski definition) is 1. The molecule has 0 radical (unpaired) electrons. The van der Waals surface area contributed by atoms with Crippen molar-refractivity contribution in [1.82, 2.24) is 10.2 Å². The van der Waals surface area contributed by atoms with Gasteiger partial charge in [0.05, 0.1) is 24.1 Å². The Kier molecular flexibility index (Phi) is 6.66. The molecule has 34 heavy (non-hydrogen) atoms. The number of rotatable bonds is 5. The zero-order valence-electron chi connectivity index (χ0n) is 18.9. The molecule has 0 bridgehead atoms. The first-order chi connectivity index (χ1) is 16.1. The predicted molar refractivity (Wildman–Crippen MR) is 117 cm³/mol. The van der Waals surface area contributed by atoms with Gasteiger partial charge in [-0.05, 0) is 43.0 Å². The Morgan fingerprint density at radius 1 is 1.24 bits per heavy atom. The van der Waals surface area contributed by atoms with Crippen LogP contribution < -0.4 is 5.32 Å². The van der Waals surface area contributed by atoms with Crippen LogP contribution in [0, 0.1) is 23.4 Å². The van der Waals surface area contributed by atoms with Gasteiger partial charge in [-0.3, -0.25) is 14.0 Å². The molecular formula is C25H26F4N2O3. The lowest BCUT2D eigenvalue weighted by atomic mass is 9.84. The number of amides is 2. The summed E-state index contributed by atoms with van der Waals surface area (Å²) >= 11 is 0. The van der Waals surface area contributed by atoms with Crippen molar-refractivity contribution in [3.8, 4) is 11.1 Å². The van der Waals surface area contributed by atoms with Crippen molar-refractivity contribution >= 4 is 11.8 Å². The zero-order valence-corrected chi connectivity index (χ0v) is 18.9. The van der Waals surface area contributed by atoms with Gasteiger partial charge in [-0.2, -0.15) is 0 Å². The van der Waals surface area contributed by atoms with E-state index in [0.29, 0.717) is 12.5 Å². The van der Waals surface area contributed by atoms with Crippen molar-refractivity contribution in [2.24, 2.45) is 5.92 Å². The number of ether oxygens (including phenoxy) is 1. The number of hydrogen-bond acceptors (Lipinski definition) is 3. The van der Waals surface area contributed by atoms with E-state index in [1.807, 2.05) is 0 Å². The molecule has 4 unspecified atom stereocenters. The molecule has 1 N–H and O–H groups in total. The summed E-state index contributed by atoms with van der Waals surface area (Å²) in [6.07, 6.45) is 0.362. The van der Waals surface area contributed by atoms with Gasteiger partial charge in [-0.1, -0.05) is 25.1 Å². The predicted octanol–water partition coefficient (Wildman–Crippen LogP) is 3.79. The van der Waals surface area contributed by atoms with Gasteiger partial charge in [-0.25, -0.2) is 13.2 Å². The van der Waals surface area contributed by atoms with Gasteiger partial charge in [0.15, 0.2) is 0 Å². The fourth-order valence-corrected chi connectivity index (χ4v) is 5.16. The summed E-state index contributed by atoms with van der Waals surface area (Å²) in [4.78, 5) is 26.8. The number of morpholine rings is 1. The summed E-state index contributed by atoms with van der Waals surface area (Å²) in [5.41, 5.74) is -0.714. The molecule has 2 aliphatic heterocycles. The van der Waals surface area contributed by atoms with Crippen molar-refractivity contribution in [2.45, 2.75) is 44.3 Å². The van der Waals surface area contributed by atoms with Crippen molar-refractivity contribution < 1.29 is 31.9 Å². The number of nitrogens with one attached hydrogen (secondary N) is 1. The first-order valence-corrected chi connectivity index (χ1v) is 11.2. The highest BCUT2D eigenvalue weighted by atomic mass is 19.1. The fraction of sp³-hybridized carbons (Fsp3) is 0.440. The fourth-order valence-electron chi connectivity index (χ4n) is 5.16. The number of benzene rings is 2. The summed E-state index contributed by atoms with van der Waals surface area (Å²) in [5, 5.41) is 2.94. The van der Waals surface area contributed by atoms with Gasteiger partial charge in [-0.15, -0.1) is 0 Å². The van der Waals surface area contributed by atoms with E-state index in [9.17, 15) is 22.8 Å². The van der Waals surface area contributed by atoms with Crippen LogP contribution in [0.1, 0.15) is 25.8 Å². The molecule has 5 nitrogen and oxygen atoms in total. The molecule has 2 aromatic carbocycles. The monoisotopic (exact) mass is 478 g/mol. The van der Waals surface area contributed by atoms with E-state index in [1.54, 1.807) is 13.0 Å². The van der Waals surface area contributed by atoms with Crippen molar-refractivity contribution in [1.29, 1.82) is 0 Å². The SMILES string of the molecule is CC(CF)C(=O)N1C(C)CC2(COCC(=O)N2)C1Cc1cccc(-c2cc(F)cc(F)c2)c1F. The van der Waals surface area contributed by atoms with E-state index in [0.717, 1.165) is 12.1 Å². The Morgan fingerprint density at radius 2 is 1.94 bits per heavy atom. The third kappa shape index (κ3) is 4.41. The van der Waals surface area contributed by atoms with E-state index in [2.05, 4.69) is 5.32 Å². The van der Waals surface area contributed by atoms with Gasteiger partial charge in [0, 0.05) is 17.7 Å². The number of halogens is 4. The molecule has 9 heteroatoms. The maximum Gasteiger partial charge on any atom is 0.246 e. The molecule has 2 fully saturated rings. The standard InChI is InChI=1S/C25H26F4N2O3/c1-14(11-26)24(33)31-15(2)10-25(13-34-12-22(32)30-25)21(31)8-16-4-3-5-20(23(16)29)17-6-18(27)9-19(28)7-17/h3-7,9,14-15,21H,8,10-13H2,1-2H3,(H,30,32). The van der Waals surface area contributed by atoms with E-state index < -0.39 is 47.5 Å². The van der Waals surface area contributed by atoms with E-state index in [-0.39, 0.29) is 48.3 Å². The number of carbonyl (C=O) groups excluding carboxylic acids is 2. The Labute approximate surface area is 195 Å². The molecule has 0 aromatic heterocycles. The van der Waals surface area contributed by atoms with Crippen molar-refractivity contribution in [2.75, 3.05) is 19.9 Å². The highest BCUT2D eigenvalue weighted by Crippen LogP contribution is 2.39. The summed E-state index contributed by atoms with van der Waals surface area (Å²) in [6, 6.07) is 6.23. The smallest absolute Gasteiger partial charge is 0.246 e. The van der Waals surface area contributed by atoms with Crippen LogP contribution >= 0.6 is 0 Å². The second-order valence-electron chi connectivity index (χ2n) is 9.21. The van der Waals surface area contributed by atoms with Crippen molar-refractivity contribution in [3.05, 3.63) is 59.4 Å². The summed E-state index contributed by atoms with van der Waals surface area (Å²) in [7, 11) is 0. The van der Waals surface area contributed by atoms with Gasteiger partial charge in [0.25, 0.3) is 0 Å². The number of likely N-dealkylation sites (tertiary alicyclic amines) is 1. The second kappa shape index (κ2) is 9.37. The Hall–Kier alpha value is -2.94. The van der Waals surface area contributed by atoms with Gasteiger partial charge in [0.2, 0.25) is 11.8 Å². The maximum atomic E-state index is 15.6. The van der Waals surface area contributed by atoms with Gasteiger partial charge >= 0.3 is 0 Å². The van der Waals surface area contributed by atoms with Crippen LogP contribution in [-0.4, -0.2) is 54.2 Å². The lowest BCUT2D eigenvalue weighted by molar-refractivity contribution is -0.143. The molecule has 4 rings (SSSR count). The van der Waals surface area contributed by atoms with Crippen LogP contribution in [0.4, 0.5) is 17.6 Å². The second-order valence-corrected chi connectivity index (χ2v) is 9.21. The molecule has 2 saturated heterocycles. The molecule has 4 atom stereocenters. The third-order valence-electron chi connectivity index (χ3n) is 6.66. The molecule has 2 aliphatic rings. The average Bonchev–Trinajstić information content (AvgIpc) is 3.03. The van der Waals surface area contributed by atoms with Crippen LogP contribution in [0.25, 0.3) is 11.1 Å². The minimum Gasteiger partial charge on any atom is -0.369 e. The first-order valence-electron chi connectivity index (χ1n) is 11.2. The lowest BCUT2D eigenvalue weighted by Gasteiger charge is -2.41. The molecule has 2 amide bonds. The molecule has 0 saturated carbocycles. The van der Waals surface area contributed by atoms with E-state index >= 15 is 4.39 Å². The maximum absolute atomic E-state index is 15.6. The lowest BCUT2D eigenvalue weighted by Crippen LogP contribution is -2.64. The average molecular weight is 478 g/mol. The Morgan fingerprint density at radius 3 is 2.59 bits per heavy atom. The van der Waals surface area contributed by atoms with Crippen molar-refractivity contribution in [3.63, 3.8) is 0 Å². The Balaban J connectivity index is 1.75. The van der Waals surface area contributed by atoms with E-state index in [4.69, 9.17) is 4.74 Å². The molecule has 182 valence electrons. The van der Waals surface area contributed by atoms with Crippen LogP contribution in [0.5, 0.6) is 0 Å². The summed E-state index contributed by atoms with van der Waals surface area (Å²) in [6.45, 7) is 2.44. The highest BCUT2D eigenvalue weighted by molar-refractivity contribution is 5.82. The van der Waals surface area contributed by atoms with Crippen LogP contribution in [0.15, 0.2) is 36.4 Å². The number of nitrogens with zero attached hydrogens (tertiary/aromatic N) is 1. The van der Waals surface area contributed by atoms with Crippen LogP contribution in [0.3, 0.4) is 0 Å². The molecule has 2 aromatic rings. The topological polar surface area (TPSA) is 58.6 Å². The minimum absolute atomic E-state index is 0.00377. The largest absolute Gasteiger partial charge is 0.369 e. The number of carbonyl (C=O) groups is 2. The van der Waals surface area contributed by atoms with Crippen LogP contribution in [-0.2, 0) is 20.7 Å². The highest BCUT2D eigenvalue weighted by Gasteiger charge is 2.55. The Bertz CT molecular complexity index is 1090. The normalized spacial score (nSPS) is 25.5. The molecule has 0 aliphatic carbocycles.